The van der Waals surface area contributed by atoms with Crippen molar-refractivity contribution in [2.75, 3.05) is 24.5 Å². The first-order valence-corrected chi connectivity index (χ1v) is 7.27. The van der Waals surface area contributed by atoms with Gasteiger partial charge in [0.05, 0.1) is 5.52 Å². The van der Waals surface area contributed by atoms with Gasteiger partial charge < -0.3 is 10.2 Å². The molecule has 2 aromatic rings. The second-order valence-electron chi connectivity index (χ2n) is 5.65. The van der Waals surface area contributed by atoms with E-state index in [2.05, 4.69) is 40.5 Å². The minimum Gasteiger partial charge on any atom is -0.354 e. The van der Waals surface area contributed by atoms with Crippen molar-refractivity contribution in [2.24, 2.45) is 0 Å². The topological polar surface area (TPSA) is 28.2 Å². The zero-order chi connectivity index (χ0) is 12.7. The Bertz CT molecular complexity index is 602. The predicted octanol–water partition coefficient (Wildman–Crippen LogP) is 2.35. The number of hydrogen-bond donors (Lipinski definition) is 1. The molecular formula is C16H19N3. The molecule has 4 rings (SSSR count). The van der Waals surface area contributed by atoms with E-state index in [1.165, 1.54) is 36.2 Å². The Balaban J connectivity index is 1.67. The first-order chi connectivity index (χ1) is 9.40. The molecule has 1 aromatic carbocycles. The molecule has 1 atom stereocenters. The zero-order valence-corrected chi connectivity index (χ0v) is 11.1. The summed E-state index contributed by atoms with van der Waals surface area (Å²) in [6, 6.07) is 11.4. The SMILES string of the molecule is c1ccc2nc3c(cc2c1)CCN3CC1CCCN1. The number of hydrogen-bond acceptors (Lipinski definition) is 3. The van der Waals surface area contributed by atoms with Crippen molar-refractivity contribution in [3.63, 3.8) is 0 Å². The monoisotopic (exact) mass is 253 g/mol. The first kappa shape index (κ1) is 11.2. The maximum atomic E-state index is 4.88. The van der Waals surface area contributed by atoms with Crippen LogP contribution in [0.25, 0.3) is 10.9 Å². The molecule has 0 bridgehead atoms. The van der Waals surface area contributed by atoms with Gasteiger partial charge in [-0.3, -0.25) is 0 Å². The number of nitrogens with zero attached hydrogens (tertiary/aromatic N) is 2. The van der Waals surface area contributed by atoms with Crippen LogP contribution >= 0.6 is 0 Å². The fourth-order valence-corrected chi connectivity index (χ4v) is 3.32. The fourth-order valence-electron chi connectivity index (χ4n) is 3.32. The molecule has 3 nitrogen and oxygen atoms in total. The van der Waals surface area contributed by atoms with E-state index < -0.39 is 0 Å². The van der Waals surface area contributed by atoms with E-state index in [-0.39, 0.29) is 0 Å². The van der Waals surface area contributed by atoms with Crippen molar-refractivity contribution in [3.05, 3.63) is 35.9 Å². The van der Waals surface area contributed by atoms with Crippen LogP contribution in [0.4, 0.5) is 5.82 Å². The summed E-state index contributed by atoms with van der Waals surface area (Å²) >= 11 is 0. The molecule has 19 heavy (non-hydrogen) atoms. The number of benzene rings is 1. The molecule has 1 saturated heterocycles. The summed E-state index contributed by atoms with van der Waals surface area (Å²) in [5.41, 5.74) is 2.53. The zero-order valence-electron chi connectivity index (χ0n) is 11.1. The summed E-state index contributed by atoms with van der Waals surface area (Å²) in [4.78, 5) is 7.34. The van der Waals surface area contributed by atoms with Gasteiger partial charge in [0, 0.05) is 24.5 Å². The fraction of sp³-hybridized carbons (Fsp3) is 0.438. The van der Waals surface area contributed by atoms with Crippen molar-refractivity contribution >= 4 is 16.7 Å². The van der Waals surface area contributed by atoms with Gasteiger partial charge in [-0.1, -0.05) is 18.2 Å². The summed E-state index contributed by atoms with van der Waals surface area (Å²) in [6.45, 7) is 3.41. The van der Waals surface area contributed by atoms with E-state index in [1.807, 2.05) is 0 Å². The molecule has 0 saturated carbocycles. The molecule has 1 aromatic heterocycles. The number of nitrogens with one attached hydrogen (secondary N) is 1. The third-order valence-electron chi connectivity index (χ3n) is 4.33. The van der Waals surface area contributed by atoms with Gasteiger partial charge in [0.25, 0.3) is 0 Å². The largest absolute Gasteiger partial charge is 0.354 e. The van der Waals surface area contributed by atoms with E-state index in [1.54, 1.807) is 0 Å². The second-order valence-corrected chi connectivity index (χ2v) is 5.65. The molecule has 0 amide bonds. The van der Waals surface area contributed by atoms with Crippen LogP contribution < -0.4 is 10.2 Å². The lowest BCUT2D eigenvalue weighted by Gasteiger charge is -2.22. The summed E-state index contributed by atoms with van der Waals surface area (Å²) in [5.74, 6) is 1.22. The average Bonchev–Trinajstić information content (AvgIpc) is 3.08. The average molecular weight is 253 g/mol. The van der Waals surface area contributed by atoms with E-state index in [0.29, 0.717) is 6.04 Å². The molecule has 0 aliphatic carbocycles. The Kier molecular flexibility index (Phi) is 2.66. The molecule has 3 heterocycles. The van der Waals surface area contributed by atoms with Gasteiger partial charge in [-0.25, -0.2) is 4.98 Å². The van der Waals surface area contributed by atoms with Gasteiger partial charge in [0.2, 0.25) is 0 Å². The van der Waals surface area contributed by atoms with Crippen LogP contribution in [0.15, 0.2) is 30.3 Å². The van der Waals surface area contributed by atoms with Crippen molar-refractivity contribution in [1.29, 1.82) is 0 Å². The number of rotatable bonds is 2. The highest BCUT2D eigenvalue weighted by atomic mass is 15.2. The molecular weight excluding hydrogens is 234 g/mol. The highest BCUT2D eigenvalue weighted by molar-refractivity contribution is 5.82. The Morgan fingerprint density at radius 3 is 3.16 bits per heavy atom. The molecule has 1 fully saturated rings. The van der Waals surface area contributed by atoms with Crippen molar-refractivity contribution in [2.45, 2.75) is 25.3 Å². The standard InChI is InChI=1S/C16H19N3/c1-2-6-15-12(4-1)10-13-7-9-19(16(13)18-15)11-14-5-3-8-17-14/h1-2,4,6,10,14,17H,3,5,7-9,11H2. The number of anilines is 1. The van der Waals surface area contributed by atoms with Crippen molar-refractivity contribution in [1.82, 2.24) is 10.3 Å². The number of fused-ring (bicyclic) bond motifs is 2. The molecule has 0 radical (unpaired) electrons. The quantitative estimate of drug-likeness (QED) is 0.890. The van der Waals surface area contributed by atoms with Crippen molar-refractivity contribution < 1.29 is 0 Å². The van der Waals surface area contributed by atoms with Crippen LogP contribution in [0.5, 0.6) is 0 Å². The smallest absolute Gasteiger partial charge is 0.132 e. The lowest BCUT2D eigenvalue weighted by molar-refractivity contribution is 0.587. The van der Waals surface area contributed by atoms with Crippen LogP contribution in [0.1, 0.15) is 18.4 Å². The molecule has 0 spiro atoms. The lowest BCUT2D eigenvalue weighted by Crippen LogP contribution is -2.36. The Morgan fingerprint density at radius 1 is 1.32 bits per heavy atom. The van der Waals surface area contributed by atoms with E-state index >= 15 is 0 Å². The van der Waals surface area contributed by atoms with Crippen LogP contribution in [0, 0.1) is 0 Å². The highest BCUT2D eigenvalue weighted by Gasteiger charge is 2.25. The third-order valence-corrected chi connectivity index (χ3v) is 4.33. The van der Waals surface area contributed by atoms with Gasteiger partial charge in [-0.2, -0.15) is 0 Å². The maximum Gasteiger partial charge on any atom is 0.132 e. The predicted molar refractivity (Wildman–Crippen MR) is 78.7 cm³/mol. The van der Waals surface area contributed by atoms with Crippen LogP contribution in [-0.4, -0.2) is 30.7 Å². The normalized spacial score (nSPS) is 22.1. The summed E-state index contributed by atoms with van der Waals surface area (Å²) in [7, 11) is 0. The van der Waals surface area contributed by atoms with E-state index in [4.69, 9.17) is 4.98 Å². The number of para-hydroxylation sites is 1. The molecule has 1 unspecified atom stereocenters. The molecule has 3 heteroatoms. The molecule has 98 valence electrons. The Hall–Kier alpha value is -1.61. The minimum absolute atomic E-state index is 0.652. The molecule has 1 N–H and O–H groups in total. The first-order valence-electron chi connectivity index (χ1n) is 7.27. The highest BCUT2D eigenvalue weighted by Crippen LogP contribution is 2.29. The van der Waals surface area contributed by atoms with Crippen LogP contribution in [0.3, 0.4) is 0 Å². The van der Waals surface area contributed by atoms with E-state index in [9.17, 15) is 0 Å². The van der Waals surface area contributed by atoms with Crippen LogP contribution in [0.2, 0.25) is 0 Å². The maximum absolute atomic E-state index is 4.88. The Morgan fingerprint density at radius 2 is 2.26 bits per heavy atom. The molecule has 2 aliphatic rings. The van der Waals surface area contributed by atoms with E-state index in [0.717, 1.165) is 25.0 Å². The van der Waals surface area contributed by atoms with Gasteiger partial charge in [0.15, 0.2) is 0 Å². The minimum atomic E-state index is 0.652. The summed E-state index contributed by atoms with van der Waals surface area (Å²) in [5, 5.41) is 4.85. The number of pyridine rings is 1. The lowest BCUT2D eigenvalue weighted by atomic mass is 10.1. The third kappa shape index (κ3) is 1.98. The van der Waals surface area contributed by atoms with Gasteiger partial charge >= 0.3 is 0 Å². The second kappa shape index (κ2) is 4.49. The van der Waals surface area contributed by atoms with Crippen molar-refractivity contribution in [3.8, 4) is 0 Å². The van der Waals surface area contributed by atoms with Crippen LogP contribution in [-0.2, 0) is 6.42 Å². The van der Waals surface area contributed by atoms with Gasteiger partial charge in [-0.15, -0.1) is 0 Å². The van der Waals surface area contributed by atoms with Gasteiger partial charge in [-0.05, 0) is 43.5 Å². The Labute approximate surface area is 113 Å². The van der Waals surface area contributed by atoms with Gasteiger partial charge in [0.1, 0.15) is 5.82 Å². The number of aromatic nitrogens is 1. The molecule has 2 aliphatic heterocycles. The summed E-state index contributed by atoms with van der Waals surface area (Å²) in [6.07, 6.45) is 3.76. The summed E-state index contributed by atoms with van der Waals surface area (Å²) < 4.78 is 0.